The van der Waals surface area contributed by atoms with Crippen molar-refractivity contribution in [2.75, 3.05) is 27.7 Å². The second-order valence-electron chi connectivity index (χ2n) is 7.52. The number of hydrogen-bond acceptors (Lipinski definition) is 6. The Labute approximate surface area is 179 Å². The van der Waals surface area contributed by atoms with Gasteiger partial charge in [0.05, 0.1) is 6.04 Å². The molecule has 0 spiro atoms. The Hall–Kier alpha value is -2.70. The van der Waals surface area contributed by atoms with Gasteiger partial charge in [0.2, 0.25) is 0 Å². The highest BCUT2D eigenvalue weighted by molar-refractivity contribution is 7.86. The lowest BCUT2D eigenvalue weighted by Crippen LogP contribution is -2.62. The molecular formula is C19H24FN5O5S. The van der Waals surface area contributed by atoms with E-state index in [-0.39, 0.29) is 18.9 Å². The second-order valence-corrected chi connectivity index (χ2v) is 9.72. The number of hydrogen-bond donors (Lipinski definition) is 1. The molecule has 1 N–H and O–H groups in total. The van der Waals surface area contributed by atoms with E-state index in [9.17, 15) is 27.2 Å². The van der Waals surface area contributed by atoms with Crippen LogP contribution in [0.4, 0.5) is 4.39 Å². The zero-order chi connectivity index (χ0) is 22.9. The normalized spacial score (nSPS) is 21.9. The van der Waals surface area contributed by atoms with Crippen molar-refractivity contribution in [1.82, 2.24) is 18.8 Å². The lowest BCUT2D eigenvalue weighted by molar-refractivity contribution is -0.146. The van der Waals surface area contributed by atoms with Gasteiger partial charge < -0.3 is 5.32 Å². The maximum Gasteiger partial charge on any atom is 0.298 e. The van der Waals surface area contributed by atoms with Crippen molar-refractivity contribution < 1.29 is 27.2 Å². The number of ketones is 1. The van der Waals surface area contributed by atoms with Crippen LogP contribution in [0.5, 0.6) is 0 Å². The summed E-state index contributed by atoms with van der Waals surface area (Å²) in [4.78, 5) is 43.1. The van der Waals surface area contributed by atoms with Crippen LogP contribution in [0.3, 0.4) is 0 Å². The van der Waals surface area contributed by atoms with Crippen molar-refractivity contribution in [2.45, 2.75) is 31.5 Å². The summed E-state index contributed by atoms with van der Waals surface area (Å²) in [5, 5.41) is 2.53. The van der Waals surface area contributed by atoms with Crippen molar-refractivity contribution >= 4 is 33.6 Å². The molecule has 10 nitrogen and oxygen atoms in total. The molecule has 1 aromatic carbocycles. The Morgan fingerprint density at radius 2 is 1.87 bits per heavy atom. The van der Waals surface area contributed by atoms with Crippen LogP contribution in [0, 0.1) is 5.82 Å². The fourth-order valence-electron chi connectivity index (χ4n) is 3.50. The van der Waals surface area contributed by atoms with Crippen molar-refractivity contribution in [2.24, 2.45) is 4.99 Å². The first-order valence-electron chi connectivity index (χ1n) is 9.65. The minimum atomic E-state index is -3.81. The van der Waals surface area contributed by atoms with Crippen molar-refractivity contribution in [3.63, 3.8) is 0 Å². The first-order chi connectivity index (χ1) is 14.5. The van der Waals surface area contributed by atoms with E-state index in [2.05, 4.69) is 10.3 Å². The highest BCUT2D eigenvalue weighted by Gasteiger charge is 2.46. The third-order valence-corrected chi connectivity index (χ3v) is 7.20. The first kappa shape index (κ1) is 23.0. The van der Waals surface area contributed by atoms with E-state index in [4.69, 9.17) is 0 Å². The van der Waals surface area contributed by atoms with E-state index in [0.717, 1.165) is 13.5 Å². The number of fused-ring (bicyclic) bond motifs is 1. The summed E-state index contributed by atoms with van der Waals surface area (Å²) >= 11 is 0. The van der Waals surface area contributed by atoms with E-state index in [1.807, 2.05) is 0 Å². The van der Waals surface area contributed by atoms with Crippen LogP contribution in [0.2, 0.25) is 0 Å². The summed E-state index contributed by atoms with van der Waals surface area (Å²) in [6.07, 6.45) is 0.877. The van der Waals surface area contributed by atoms with Gasteiger partial charge in [-0.25, -0.2) is 9.38 Å². The molecule has 2 amide bonds. The fraction of sp³-hybridized carbons (Fsp3) is 0.474. The molecule has 0 aliphatic carbocycles. The first-order valence-corrected chi connectivity index (χ1v) is 11.0. The minimum Gasteiger partial charge on any atom is -0.350 e. The molecule has 1 fully saturated rings. The molecule has 31 heavy (non-hydrogen) atoms. The average Bonchev–Trinajstić information content (AvgIpc) is 2.74. The second kappa shape index (κ2) is 8.81. The van der Waals surface area contributed by atoms with Gasteiger partial charge in [0.15, 0.2) is 6.04 Å². The van der Waals surface area contributed by atoms with Gasteiger partial charge in [-0.05, 0) is 30.5 Å². The number of carbonyl (C=O) groups is 3. The number of amides is 2. The predicted molar refractivity (Wildman–Crippen MR) is 110 cm³/mol. The Bertz CT molecular complexity index is 1020. The topological polar surface area (TPSA) is 119 Å². The summed E-state index contributed by atoms with van der Waals surface area (Å²) in [6, 6.07) is 3.05. The molecule has 2 aliphatic heterocycles. The number of aliphatic imine (C=N–C) groups is 1. The van der Waals surface area contributed by atoms with Gasteiger partial charge >= 0.3 is 0 Å². The lowest BCUT2D eigenvalue weighted by Gasteiger charge is -2.40. The van der Waals surface area contributed by atoms with Crippen LogP contribution in [0.15, 0.2) is 29.3 Å². The molecule has 3 rings (SSSR count). The Morgan fingerprint density at radius 1 is 1.23 bits per heavy atom. The standard InChI is InChI=1S/C19H24FN5O5S/c1-23(2)31(29,30)24(3)14-5-4-10-25-17(14)22-15(16(26)19(25)28)18(27)21-11-12-6-8-13(20)9-7-12/h6-9,14-15H,4-5,10-11H2,1-3H3,(H,21,27)/t14-,15?/m1/s1. The molecule has 2 aliphatic rings. The van der Waals surface area contributed by atoms with Gasteiger partial charge in [-0.15, -0.1) is 0 Å². The maximum absolute atomic E-state index is 13.0. The molecule has 1 saturated heterocycles. The van der Waals surface area contributed by atoms with E-state index >= 15 is 0 Å². The zero-order valence-electron chi connectivity index (χ0n) is 17.4. The van der Waals surface area contributed by atoms with Crippen LogP contribution in [0.25, 0.3) is 0 Å². The molecule has 1 unspecified atom stereocenters. The number of rotatable bonds is 6. The van der Waals surface area contributed by atoms with Crippen LogP contribution < -0.4 is 5.32 Å². The molecule has 2 heterocycles. The maximum atomic E-state index is 13.0. The van der Waals surface area contributed by atoms with E-state index < -0.39 is 45.7 Å². The van der Waals surface area contributed by atoms with Gasteiger partial charge in [0.25, 0.3) is 27.8 Å². The molecule has 1 aromatic rings. The number of Topliss-reactive ketones (excluding diaryl/α,β-unsaturated/α-hetero) is 1. The van der Waals surface area contributed by atoms with Gasteiger partial charge in [-0.3, -0.25) is 19.3 Å². The molecule has 2 atom stereocenters. The summed E-state index contributed by atoms with van der Waals surface area (Å²) in [6.45, 7) is 0.240. The number of benzene rings is 1. The number of piperidine rings is 1. The van der Waals surface area contributed by atoms with E-state index in [1.54, 1.807) is 0 Å². The van der Waals surface area contributed by atoms with Crippen LogP contribution in [-0.4, -0.2) is 85.1 Å². The van der Waals surface area contributed by atoms with Gasteiger partial charge in [0.1, 0.15) is 11.7 Å². The van der Waals surface area contributed by atoms with Gasteiger partial charge in [-0.2, -0.15) is 17.0 Å². The molecule has 0 saturated carbocycles. The zero-order valence-corrected chi connectivity index (χ0v) is 18.2. The molecule has 0 aromatic heterocycles. The van der Waals surface area contributed by atoms with Crippen molar-refractivity contribution in [3.05, 3.63) is 35.6 Å². The van der Waals surface area contributed by atoms with Crippen LogP contribution in [-0.2, 0) is 31.1 Å². The monoisotopic (exact) mass is 453 g/mol. The SMILES string of the molecule is CN(C)S(=O)(=O)N(C)[C@@H]1CCCN2C(=O)C(=O)C(C(=O)NCc3ccc(F)cc3)N=C12. The largest absolute Gasteiger partial charge is 0.350 e. The smallest absolute Gasteiger partial charge is 0.298 e. The molecule has 168 valence electrons. The van der Waals surface area contributed by atoms with E-state index in [0.29, 0.717) is 18.4 Å². The number of halogens is 1. The highest BCUT2D eigenvalue weighted by Crippen LogP contribution is 2.24. The summed E-state index contributed by atoms with van der Waals surface area (Å²) in [5.41, 5.74) is 0.603. The lowest BCUT2D eigenvalue weighted by atomic mass is 9.99. The van der Waals surface area contributed by atoms with Crippen LogP contribution >= 0.6 is 0 Å². The highest BCUT2D eigenvalue weighted by atomic mass is 32.2. The molecule has 12 heteroatoms. The minimum absolute atomic E-state index is 0.0178. The summed E-state index contributed by atoms with van der Waals surface area (Å²) in [7, 11) is 0.327. The number of nitrogens with zero attached hydrogens (tertiary/aromatic N) is 4. The summed E-state index contributed by atoms with van der Waals surface area (Å²) < 4.78 is 40.3. The predicted octanol–water partition coefficient (Wildman–Crippen LogP) is -0.479. The van der Waals surface area contributed by atoms with Crippen molar-refractivity contribution in [3.8, 4) is 0 Å². The van der Waals surface area contributed by atoms with E-state index in [1.165, 1.54) is 45.4 Å². The van der Waals surface area contributed by atoms with Gasteiger partial charge in [0, 0.05) is 34.2 Å². The quantitative estimate of drug-likeness (QED) is 0.461. The fourth-order valence-corrected chi connectivity index (χ4v) is 4.53. The summed E-state index contributed by atoms with van der Waals surface area (Å²) in [5.74, 6) is -2.97. The third kappa shape index (κ3) is 4.50. The van der Waals surface area contributed by atoms with Gasteiger partial charge in [-0.1, -0.05) is 12.1 Å². The number of carbonyl (C=O) groups excluding carboxylic acids is 3. The molecule has 0 bridgehead atoms. The number of likely N-dealkylation sites (N-methyl/N-ethyl adjacent to an activating group) is 1. The third-order valence-electron chi connectivity index (χ3n) is 5.29. The van der Waals surface area contributed by atoms with Crippen LogP contribution in [0.1, 0.15) is 18.4 Å². The molecule has 0 radical (unpaired) electrons. The number of nitrogens with one attached hydrogen (secondary N) is 1. The Kier molecular flexibility index (Phi) is 6.53. The Balaban J connectivity index is 1.86. The molecular weight excluding hydrogens is 429 g/mol. The number of amidine groups is 1. The Morgan fingerprint density at radius 3 is 2.48 bits per heavy atom. The average molecular weight is 453 g/mol. The van der Waals surface area contributed by atoms with Crippen molar-refractivity contribution in [1.29, 1.82) is 0 Å².